The van der Waals surface area contributed by atoms with Crippen LogP contribution in [0.1, 0.15) is 25.2 Å². The third-order valence-corrected chi connectivity index (χ3v) is 1.97. The monoisotopic (exact) mass is 207 g/mol. The van der Waals surface area contributed by atoms with E-state index in [-0.39, 0.29) is 0 Å². The first-order valence-corrected chi connectivity index (χ1v) is 5.07. The van der Waals surface area contributed by atoms with E-state index in [9.17, 15) is 0 Å². The molecule has 0 aliphatic carbocycles. The number of aryl methyl sites for hydroxylation is 3. The molecular weight excluding hydrogens is 190 g/mol. The van der Waals surface area contributed by atoms with Gasteiger partial charge in [0.15, 0.2) is 0 Å². The van der Waals surface area contributed by atoms with E-state index in [1.54, 1.807) is 4.68 Å². The van der Waals surface area contributed by atoms with E-state index < -0.39 is 0 Å². The Kier molecular flexibility index (Phi) is 3.60. The van der Waals surface area contributed by atoms with Crippen LogP contribution in [-0.2, 0) is 7.05 Å². The SMILES string of the molecule is CC.Cc1cc(-c2n[nH]nc2C)n(C)n1. The zero-order chi connectivity index (χ0) is 11.4. The summed E-state index contributed by atoms with van der Waals surface area (Å²) in [6.07, 6.45) is 0. The van der Waals surface area contributed by atoms with Crippen molar-refractivity contribution in [2.24, 2.45) is 7.05 Å². The average molecular weight is 207 g/mol. The molecule has 2 aromatic heterocycles. The second-order valence-electron chi connectivity index (χ2n) is 3.05. The Labute approximate surface area is 89.5 Å². The number of nitrogens with zero attached hydrogens (tertiary/aromatic N) is 4. The van der Waals surface area contributed by atoms with Crippen molar-refractivity contribution in [1.82, 2.24) is 25.2 Å². The van der Waals surface area contributed by atoms with Crippen LogP contribution in [-0.4, -0.2) is 25.2 Å². The summed E-state index contributed by atoms with van der Waals surface area (Å²) in [5.74, 6) is 0. The molecule has 82 valence electrons. The zero-order valence-corrected chi connectivity index (χ0v) is 9.87. The largest absolute Gasteiger partial charge is 0.266 e. The Morgan fingerprint density at radius 2 is 1.87 bits per heavy atom. The molecule has 0 aliphatic heterocycles. The van der Waals surface area contributed by atoms with E-state index in [1.807, 2.05) is 40.8 Å². The lowest BCUT2D eigenvalue weighted by Crippen LogP contribution is -1.94. The van der Waals surface area contributed by atoms with Crippen LogP contribution in [0.3, 0.4) is 0 Å². The van der Waals surface area contributed by atoms with E-state index in [4.69, 9.17) is 0 Å². The minimum atomic E-state index is 0.864. The lowest BCUT2D eigenvalue weighted by molar-refractivity contribution is 0.761. The molecule has 2 aromatic rings. The number of rotatable bonds is 1. The molecule has 0 saturated heterocycles. The smallest absolute Gasteiger partial charge is 0.133 e. The van der Waals surface area contributed by atoms with Gasteiger partial charge in [0.25, 0.3) is 0 Å². The summed E-state index contributed by atoms with van der Waals surface area (Å²) >= 11 is 0. The van der Waals surface area contributed by atoms with Crippen LogP contribution in [0.15, 0.2) is 6.07 Å². The topological polar surface area (TPSA) is 59.4 Å². The van der Waals surface area contributed by atoms with Crippen LogP contribution in [0.4, 0.5) is 0 Å². The third kappa shape index (κ3) is 2.23. The van der Waals surface area contributed by atoms with Crippen LogP contribution < -0.4 is 0 Å². The molecule has 2 rings (SSSR count). The Morgan fingerprint density at radius 1 is 1.20 bits per heavy atom. The minimum Gasteiger partial charge on any atom is -0.266 e. The first-order valence-electron chi connectivity index (χ1n) is 5.07. The van der Waals surface area contributed by atoms with Crippen molar-refractivity contribution in [3.05, 3.63) is 17.5 Å². The van der Waals surface area contributed by atoms with Crippen molar-refractivity contribution >= 4 is 0 Å². The molecule has 0 fully saturated rings. The highest BCUT2D eigenvalue weighted by Gasteiger charge is 2.10. The Hall–Kier alpha value is -1.65. The molecule has 5 heteroatoms. The lowest BCUT2D eigenvalue weighted by atomic mass is 10.2. The summed E-state index contributed by atoms with van der Waals surface area (Å²) < 4.78 is 1.81. The quantitative estimate of drug-likeness (QED) is 0.776. The molecule has 5 nitrogen and oxygen atoms in total. The van der Waals surface area contributed by atoms with E-state index in [2.05, 4.69) is 20.5 Å². The van der Waals surface area contributed by atoms with Gasteiger partial charge in [-0.05, 0) is 19.9 Å². The minimum absolute atomic E-state index is 0.864. The molecular formula is C10H17N5. The van der Waals surface area contributed by atoms with Gasteiger partial charge >= 0.3 is 0 Å². The van der Waals surface area contributed by atoms with Gasteiger partial charge in [0.05, 0.1) is 17.1 Å². The number of aromatic nitrogens is 5. The van der Waals surface area contributed by atoms with E-state index in [0.717, 1.165) is 22.8 Å². The summed E-state index contributed by atoms with van der Waals surface area (Å²) in [6.45, 7) is 7.88. The second-order valence-corrected chi connectivity index (χ2v) is 3.05. The van der Waals surface area contributed by atoms with E-state index in [0.29, 0.717) is 0 Å². The molecule has 2 heterocycles. The van der Waals surface area contributed by atoms with Crippen molar-refractivity contribution in [3.8, 4) is 11.4 Å². The number of H-pyrrole nitrogens is 1. The van der Waals surface area contributed by atoms with Gasteiger partial charge in [-0.2, -0.15) is 20.5 Å². The number of aromatic amines is 1. The molecule has 0 unspecified atom stereocenters. The molecule has 0 bridgehead atoms. The summed E-state index contributed by atoms with van der Waals surface area (Å²) in [5, 5.41) is 14.9. The number of hydrogen-bond donors (Lipinski definition) is 1. The second kappa shape index (κ2) is 4.72. The van der Waals surface area contributed by atoms with Gasteiger partial charge in [0.2, 0.25) is 0 Å². The molecule has 0 aromatic carbocycles. The Bertz CT molecular complexity index is 427. The average Bonchev–Trinajstić information content (AvgIpc) is 2.76. The summed E-state index contributed by atoms with van der Waals surface area (Å²) in [7, 11) is 1.90. The lowest BCUT2D eigenvalue weighted by Gasteiger charge is -1.96. The van der Waals surface area contributed by atoms with Crippen LogP contribution in [0.5, 0.6) is 0 Å². The molecule has 15 heavy (non-hydrogen) atoms. The van der Waals surface area contributed by atoms with Gasteiger partial charge in [-0.3, -0.25) is 4.68 Å². The van der Waals surface area contributed by atoms with Gasteiger partial charge in [-0.1, -0.05) is 13.8 Å². The first-order chi connectivity index (χ1) is 7.18. The predicted octanol–water partition coefficient (Wildman–Crippen LogP) is 1.85. The van der Waals surface area contributed by atoms with Gasteiger partial charge in [-0.25, -0.2) is 0 Å². The van der Waals surface area contributed by atoms with Gasteiger partial charge in [0, 0.05) is 7.05 Å². The maximum absolute atomic E-state index is 4.24. The Morgan fingerprint density at radius 3 is 2.27 bits per heavy atom. The molecule has 0 saturated carbocycles. The van der Waals surface area contributed by atoms with Crippen LogP contribution in [0.25, 0.3) is 11.4 Å². The molecule has 1 N–H and O–H groups in total. The highest BCUT2D eigenvalue weighted by Crippen LogP contribution is 2.18. The van der Waals surface area contributed by atoms with Gasteiger partial charge < -0.3 is 0 Å². The normalized spacial score (nSPS) is 9.67. The van der Waals surface area contributed by atoms with Crippen LogP contribution in [0.2, 0.25) is 0 Å². The van der Waals surface area contributed by atoms with Gasteiger partial charge in [-0.15, -0.1) is 0 Å². The Balaban J connectivity index is 0.000000531. The zero-order valence-electron chi connectivity index (χ0n) is 9.87. The van der Waals surface area contributed by atoms with Crippen molar-refractivity contribution in [2.45, 2.75) is 27.7 Å². The van der Waals surface area contributed by atoms with Crippen molar-refractivity contribution < 1.29 is 0 Å². The van der Waals surface area contributed by atoms with Crippen LogP contribution >= 0.6 is 0 Å². The standard InChI is InChI=1S/C8H11N5.C2H6/c1-5-4-7(13(3)11-5)8-6(2)9-12-10-8;1-2/h4H,1-3H3,(H,9,10,12);1-2H3. The molecule has 0 atom stereocenters. The predicted molar refractivity (Wildman–Crippen MR) is 59.4 cm³/mol. The highest BCUT2D eigenvalue weighted by atomic mass is 15.3. The van der Waals surface area contributed by atoms with Crippen molar-refractivity contribution in [1.29, 1.82) is 0 Å². The third-order valence-electron chi connectivity index (χ3n) is 1.97. The molecule has 0 radical (unpaired) electrons. The summed E-state index contributed by atoms with van der Waals surface area (Å²) in [6, 6.07) is 1.99. The first kappa shape index (κ1) is 11.4. The van der Waals surface area contributed by atoms with Gasteiger partial charge in [0.1, 0.15) is 5.69 Å². The van der Waals surface area contributed by atoms with E-state index >= 15 is 0 Å². The van der Waals surface area contributed by atoms with Crippen molar-refractivity contribution in [2.75, 3.05) is 0 Å². The molecule has 0 amide bonds. The maximum atomic E-state index is 4.24. The number of nitrogens with one attached hydrogen (secondary N) is 1. The molecule has 0 spiro atoms. The highest BCUT2D eigenvalue weighted by molar-refractivity contribution is 5.56. The summed E-state index contributed by atoms with van der Waals surface area (Å²) in [4.78, 5) is 0. The fourth-order valence-electron chi connectivity index (χ4n) is 1.36. The van der Waals surface area contributed by atoms with Crippen molar-refractivity contribution in [3.63, 3.8) is 0 Å². The summed E-state index contributed by atoms with van der Waals surface area (Å²) in [5.41, 5.74) is 3.73. The fourth-order valence-corrected chi connectivity index (χ4v) is 1.36. The number of hydrogen-bond acceptors (Lipinski definition) is 3. The van der Waals surface area contributed by atoms with Crippen LogP contribution in [0, 0.1) is 13.8 Å². The van der Waals surface area contributed by atoms with E-state index in [1.165, 1.54) is 0 Å². The molecule has 0 aliphatic rings. The fraction of sp³-hybridized carbons (Fsp3) is 0.500. The maximum Gasteiger partial charge on any atom is 0.133 e.